The molecular formula is C12H17N3S. The molecule has 86 valence electrons. The number of fused-ring (bicyclic) bond motifs is 1. The van der Waals surface area contributed by atoms with Crippen LogP contribution in [0.15, 0.2) is 29.4 Å². The van der Waals surface area contributed by atoms with Crippen LogP contribution in [0.4, 0.5) is 0 Å². The number of nitrogens with two attached hydrogens (primary N) is 1. The van der Waals surface area contributed by atoms with Gasteiger partial charge in [0.05, 0.1) is 11.0 Å². The highest BCUT2D eigenvalue weighted by atomic mass is 32.2. The van der Waals surface area contributed by atoms with Gasteiger partial charge in [-0.25, -0.2) is 4.98 Å². The zero-order valence-electron chi connectivity index (χ0n) is 9.60. The first-order chi connectivity index (χ1) is 7.66. The van der Waals surface area contributed by atoms with E-state index >= 15 is 0 Å². The van der Waals surface area contributed by atoms with Gasteiger partial charge in [-0.3, -0.25) is 0 Å². The molecule has 3 N–H and O–H groups in total. The Labute approximate surface area is 99.8 Å². The van der Waals surface area contributed by atoms with E-state index in [1.165, 1.54) is 0 Å². The summed E-state index contributed by atoms with van der Waals surface area (Å²) in [6.45, 7) is 4.29. The Morgan fingerprint density at radius 1 is 1.38 bits per heavy atom. The molecule has 1 aromatic carbocycles. The zero-order valence-corrected chi connectivity index (χ0v) is 10.4. The number of aromatic nitrogens is 2. The molecule has 0 bridgehead atoms. The smallest absolute Gasteiger partial charge is 0.166 e. The molecule has 0 fully saturated rings. The molecule has 4 heteroatoms. The van der Waals surface area contributed by atoms with Gasteiger partial charge in [-0.2, -0.15) is 0 Å². The van der Waals surface area contributed by atoms with Gasteiger partial charge in [0, 0.05) is 11.8 Å². The highest BCUT2D eigenvalue weighted by molar-refractivity contribution is 7.99. The number of nitrogens with zero attached hydrogens (tertiary/aromatic N) is 1. The molecule has 1 heterocycles. The Kier molecular flexibility index (Phi) is 3.51. The Morgan fingerprint density at radius 2 is 2.12 bits per heavy atom. The number of hydrogen-bond donors (Lipinski definition) is 2. The predicted octanol–water partition coefficient (Wildman–Crippen LogP) is 2.64. The van der Waals surface area contributed by atoms with Gasteiger partial charge in [0.1, 0.15) is 0 Å². The van der Waals surface area contributed by atoms with Gasteiger partial charge in [-0.05, 0) is 18.1 Å². The third-order valence-corrected chi connectivity index (χ3v) is 3.65. The summed E-state index contributed by atoms with van der Waals surface area (Å²) in [5.41, 5.74) is 8.10. The van der Waals surface area contributed by atoms with Gasteiger partial charge in [-0.15, -0.1) is 0 Å². The van der Waals surface area contributed by atoms with Crippen LogP contribution in [0.3, 0.4) is 0 Å². The van der Waals surface area contributed by atoms with Crippen molar-refractivity contribution in [1.82, 2.24) is 9.97 Å². The van der Waals surface area contributed by atoms with Crippen molar-refractivity contribution in [2.45, 2.75) is 25.0 Å². The lowest BCUT2D eigenvalue weighted by atomic mass is 10.1. The van der Waals surface area contributed by atoms with E-state index in [1.54, 1.807) is 11.8 Å². The minimum Gasteiger partial charge on any atom is -0.333 e. The molecule has 0 amide bonds. The molecule has 1 aromatic heterocycles. The van der Waals surface area contributed by atoms with Gasteiger partial charge in [0.25, 0.3) is 0 Å². The number of hydrogen-bond acceptors (Lipinski definition) is 3. The first-order valence-electron chi connectivity index (χ1n) is 5.50. The monoisotopic (exact) mass is 235 g/mol. The Hall–Kier alpha value is -1.00. The van der Waals surface area contributed by atoms with Crippen LogP contribution in [0.25, 0.3) is 11.0 Å². The van der Waals surface area contributed by atoms with Gasteiger partial charge in [0.2, 0.25) is 0 Å². The summed E-state index contributed by atoms with van der Waals surface area (Å²) in [5, 5.41) is 0.956. The summed E-state index contributed by atoms with van der Waals surface area (Å²) in [4.78, 5) is 7.78. The van der Waals surface area contributed by atoms with Crippen LogP contribution in [0.5, 0.6) is 0 Å². The van der Waals surface area contributed by atoms with Crippen LogP contribution in [0.1, 0.15) is 13.8 Å². The molecule has 0 aliphatic rings. The van der Waals surface area contributed by atoms with Crippen molar-refractivity contribution in [3.05, 3.63) is 24.3 Å². The molecule has 16 heavy (non-hydrogen) atoms. The van der Waals surface area contributed by atoms with Crippen LogP contribution in [-0.2, 0) is 0 Å². The number of rotatable bonds is 4. The summed E-state index contributed by atoms with van der Waals surface area (Å²) < 4.78 is 0. The van der Waals surface area contributed by atoms with Crippen LogP contribution in [0.2, 0.25) is 0 Å². The second-order valence-electron chi connectivity index (χ2n) is 4.28. The second-order valence-corrected chi connectivity index (χ2v) is 5.29. The topological polar surface area (TPSA) is 54.7 Å². The average molecular weight is 235 g/mol. The number of para-hydroxylation sites is 2. The van der Waals surface area contributed by atoms with Crippen molar-refractivity contribution in [3.8, 4) is 0 Å². The quantitative estimate of drug-likeness (QED) is 0.801. The molecule has 0 radical (unpaired) electrons. The number of H-pyrrole nitrogens is 1. The van der Waals surface area contributed by atoms with Crippen molar-refractivity contribution in [2.75, 3.05) is 5.75 Å². The maximum atomic E-state index is 6.00. The Bertz CT molecular complexity index is 431. The summed E-state index contributed by atoms with van der Waals surface area (Å²) >= 11 is 1.69. The van der Waals surface area contributed by atoms with Gasteiger partial charge < -0.3 is 10.7 Å². The molecule has 0 saturated heterocycles. The standard InChI is InChI=1S/C12H17N3S/c1-8(2)9(13)7-16-12-14-10-5-3-4-6-11(10)15-12/h3-6,8-9H,7,13H2,1-2H3,(H,14,15). The predicted molar refractivity (Wildman–Crippen MR) is 69.6 cm³/mol. The molecule has 1 atom stereocenters. The summed E-state index contributed by atoms with van der Waals surface area (Å²) in [6, 6.07) is 8.28. The van der Waals surface area contributed by atoms with E-state index in [1.807, 2.05) is 24.3 Å². The van der Waals surface area contributed by atoms with Gasteiger partial charge in [0.15, 0.2) is 5.16 Å². The lowest BCUT2D eigenvalue weighted by Gasteiger charge is -2.13. The summed E-state index contributed by atoms with van der Waals surface area (Å²) in [6.07, 6.45) is 0. The molecule has 0 aliphatic heterocycles. The van der Waals surface area contributed by atoms with Crippen molar-refractivity contribution < 1.29 is 0 Å². The van der Waals surface area contributed by atoms with Crippen LogP contribution in [-0.4, -0.2) is 21.8 Å². The normalized spacial score (nSPS) is 13.5. The molecule has 1 unspecified atom stereocenters. The fourth-order valence-corrected chi connectivity index (χ4v) is 2.45. The number of benzene rings is 1. The van der Waals surface area contributed by atoms with Crippen molar-refractivity contribution in [2.24, 2.45) is 11.7 Å². The Balaban J connectivity index is 2.05. The van der Waals surface area contributed by atoms with Crippen LogP contribution < -0.4 is 5.73 Å². The molecule has 2 rings (SSSR count). The van der Waals surface area contributed by atoms with E-state index in [0.29, 0.717) is 5.92 Å². The highest BCUT2D eigenvalue weighted by Gasteiger charge is 2.09. The molecule has 3 nitrogen and oxygen atoms in total. The first kappa shape index (κ1) is 11.5. The summed E-state index contributed by atoms with van der Waals surface area (Å²) in [5.74, 6) is 1.41. The summed E-state index contributed by atoms with van der Waals surface area (Å²) in [7, 11) is 0. The van der Waals surface area contributed by atoms with E-state index in [-0.39, 0.29) is 6.04 Å². The van der Waals surface area contributed by atoms with Crippen molar-refractivity contribution >= 4 is 22.8 Å². The fourth-order valence-electron chi connectivity index (χ4n) is 1.37. The molecule has 0 spiro atoms. The van der Waals surface area contributed by atoms with E-state index in [0.717, 1.165) is 21.9 Å². The molecule has 2 aromatic rings. The SMILES string of the molecule is CC(C)C(N)CSc1nc2ccccc2[nH]1. The lowest BCUT2D eigenvalue weighted by molar-refractivity contribution is 0.535. The van der Waals surface area contributed by atoms with Crippen molar-refractivity contribution in [3.63, 3.8) is 0 Å². The molecule has 0 saturated carbocycles. The van der Waals surface area contributed by atoms with E-state index in [2.05, 4.69) is 23.8 Å². The number of imidazole rings is 1. The van der Waals surface area contributed by atoms with Gasteiger partial charge >= 0.3 is 0 Å². The van der Waals surface area contributed by atoms with E-state index in [9.17, 15) is 0 Å². The minimum absolute atomic E-state index is 0.221. The third kappa shape index (κ3) is 2.57. The number of nitrogens with one attached hydrogen (secondary N) is 1. The molecular weight excluding hydrogens is 218 g/mol. The third-order valence-electron chi connectivity index (χ3n) is 2.64. The van der Waals surface area contributed by atoms with Crippen molar-refractivity contribution in [1.29, 1.82) is 0 Å². The lowest BCUT2D eigenvalue weighted by Crippen LogP contribution is -2.28. The van der Waals surface area contributed by atoms with Crippen LogP contribution in [0, 0.1) is 5.92 Å². The zero-order chi connectivity index (χ0) is 11.5. The number of aromatic amines is 1. The maximum Gasteiger partial charge on any atom is 0.166 e. The average Bonchev–Trinajstić information content (AvgIpc) is 2.68. The van der Waals surface area contributed by atoms with Crippen LogP contribution >= 0.6 is 11.8 Å². The minimum atomic E-state index is 0.221. The fraction of sp³-hybridized carbons (Fsp3) is 0.417. The highest BCUT2D eigenvalue weighted by Crippen LogP contribution is 2.20. The largest absolute Gasteiger partial charge is 0.333 e. The molecule has 0 aliphatic carbocycles. The maximum absolute atomic E-state index is 6.00. The number of thioether (sulfide) groups is 1. The Morgan fingerprint density at radius 3 is 2.81 bits per heavy atom. The second kappa shape index (κ2) is 4.89. The first-order valence-corrected chi connectivity index (χ1v) is 6.48. The van der Waals surface area contributed by atoms with E-state index in [4.69, 9.17) is 5.73 Å². The van der Waals surface area contributed by atoms with E-state index < -0.39 is 0 Å². The van der Waals surface area contributed by atoms with Gasteiger partial charge in [-0.1, -0.05) is 37.7 Å².